The number of aryl methyl sites for hydroxylation is 2. The van der Waals surface area contributed by atoms with Crippen LogP contribution in [0.2, 0.25) is 0 Å². The van der Waals surface area contributed by atoms with E-state index in [0.717, 1.165) is 29.8 Å². The first-order chi connectivity index (χ1) is 10.1. The van der Waals surface area contributed by atoms with E-state index >= 15 is 0 Å². The van der Waals surface area contributed by atoms with Crippen LogP contribution in [-0.2, 0) is 19.4 Å². The van der Waals surface area contributed by atoms with E-state index in [4.69, 9.17) is 5.84 Å². The number of nitrogens with two attached hydrogens (primary N) is 1. The van der Waals surface area contributed by atoms with Gasteiger partial charge in [-0.3, -0.25) is 20.6 Å². The fourth-order valence-corrected chi connectivity index (χ4v) is 2.31. The monoisotopic (exact) mass is 289 g/mol. The molecule has 1 heterocycles. The Balaban J connectivity index is 2.42. The minimum atomic E-state index is -0.444. The van der Waals surface area contributed by atoms with Crippen LogP contribution in [0.1, 0.15) is 30.8 Å². The highest BCUT2D eigenvalue weighted by atomic mass is 16.6. The third-order valence-electron chi connectivity index (χ3n) is 3.43. The van der Waals surface area contributed by atoms with Crippen LogP contribution in [0.3, 0.4) is 0 Å². The summed E-state index contributed by atoms with van der Waals surface area (Å²) >= 11 is 0. The van der Waals surface area contributed by atoms with E-state index in [0.29, 0.717) is 12.2 Å². The molecular formula is C14H19N5O2. The smallest absolute Gasteiger partial charge is 0.293 e. The molecule has 3 N–H and O–H groups in total. The molecule has 0 aliphatic carbocycles. The van der Waals surface area contributed by atoms with Crippen LogP contribution < -0.4 is 11.3 Å². The zero-order valence-corrected chi connectivity index (χ0v) is 12.2. The van der Waals surface area contributed by atoms with Crippen molar-refractivity contribution < 1.29 is 4.92 Å². The number of rotatable bonds is 6. The standard InChI is InChI=1S/C14H19N5O2/c1-3-11-8-12(4-2)18(17-11)9-10-6-5-7-13(19(20)21)14(10)16-15/h5-8,16H,3-4,9,15H2,1-2H3. The molecule has 1 aromatic carbocycles. The van der Waals surface area contributed by atoms with Gasteiger partial charge in [-0.05, 0) is 18.9 Å². The lowest BCUT2D eigenvalue weighted by Crippen LogP contribution is -2.14. The van der Waals surface area contributed by atoms with Gasteiger partial charge in [-0.1, -0.05) is 26.0 Å². The molecule has 0 amide bonds. The zero-order valence-electron chi connectivity index (χ0n) is 12.2. The van der Waals surface area contributed by atoms with Gasteiger partial charge in [0.15, 0.2) is 0 Å². The van der Waals surface area contributed by atoms with Gasteiger partial charge in [0.25, 0.3) is 5.69 Å². The van der Waals surface area contributed by atoms with Crippen LogP contribution in [-0.4, -0.2) is 14.7 Å². The first kappa shape index (κ1) is 15.0. The number of nitrogens with one attached hydrogen (secondary N) is 1. The third-order valence-corrected chi connectivity index (χ3v) is 3.43. The molecule has 2 aromatic rings. The van der Waals surface area contributed by atoms with Crippen LogP contribution in [0.25, 0.3) is 0 Å². The number of hydrogen-bond donors (Lipinski definition) is 2. The van der Waals surface area contributed by atoms with Crippen molar-refractivity contribution in [1.82, 2.24) is 9.78 Å². The average Bonchev–Trinajstić information content (AvgIpc) is 2.89. The van der Waals surface area contributed by atoms with Crippen LogP contribution >= 0.6 is 0 Å². The maximum absolute atomic E-state index is 11.0. The maximum atomic E-state index is 11.0. The molecule has 2 rings (SSSR count). The van der Waals surface area contributed by atoms with Gasteiger partial charge in [0.1, 0.15) is 5.69 Å². The summed E-state index contributed by atoms with van der Waals surface area (Å²) in [5.41, 5.74) is 5.60. The number of benzene rings is 1. The molecule has 0 bridgehead atoms. The predicted molar refractivity (Wildman–Crippen MR) is 81.0 cm³/mol. The molecule has 0 atom stereocenters. The van der Waals surface area contributed by atoms with Crippen LogP contribution in [0.4, 0.5) is 11.4 Å². The number of anilines is 1. The van der Waals surface area contributed by atoms with E-state index < -0.39 is 4.92 Å². The minimum Gasteiger partial charge on any atom is -0.318 e. The lowest BCUT2D eigenvalue weighted by atomic mass is 10.1. The van der Waals surface area contributed by atoms with Crippen molar-refractivity contribution in [3.63, 3.8) is 0 Å². The van der Waals surface area contributed by atoms with E-state index in [1.807, 2.05) is 17.7 Å². The molecule has 0 aliphatic rings. The van der Waals surface area contributed by atoms with Crippen LogP contribution in [0.5, 0.6) is 0 Å². The summed E-state index contributed by atoms with van der Waals surface area (Å²) in [5, 5.41) is 15.6. The van der Waals surface area contributed by atoms with Crippen LogP contribution in [0, 0.1) is 10.1 Å². The molecule has 1 aromatic heterocycles. The largest absolute Gasteiger partial charge is 0.318 e. The Hall–Kier alpha value is -2.41. The number of aromatic nitrogens is 2. The highest BCUT2D eigenvalue weighted by Crippen LogP contribution is 2.28. The van der Waals surface area contributed by atoms with Gasteiger partial charge in [-0.25, -0.2) is 0 Å². The van der Waals surface area contributed by atoms with Crippen molar-refractivity contribution in [2.24, 2.45) is 5.84 Å². The second kappa shape index (κ2) is 6.36. The van der Waals surface area contributed by atoms with Gasteiger partial charge < -0.3 is 5.43 Å². The summed E-state index contributed by atoms with van der Waals surface area (Å²) in [4.78, 5) is 10.6. The Morgan fingerprint density at radius 2 is 2.14 bits per heavy atom. The summed E-state index contributed by atoms with van der Waals surface area (Å²) in [6.45, 7) is 4.55. The first-order valence-corrected chi connectivity index (χ1v) is 6.89. The number of nitro groups is 1. The van der Waals surface area contributed by atoms with E-state index in [2.05, 4.69) is 23.5 Å². The summed E-state index contributed by atoms with van der Waals surface area (Å²) in [7, 11) is 0. The van der Waals surface area contributed by atoms with Crippen molar-refractivity contribution in [2.45, 2.75) is 33.2 Å². The molecule has 7 heteroatoms. The normalized spacial score (nSPS) is 10.6. The number of nitro benzene ring substituents is 1. The van der Waals surface area contributed by atoms with Gasteiger partial charge in [0.2, 0.25) is 0 Å². The first-order valence-electron chi connectivity index (χ1n) is 6.89. The van der Waals surface area contributed by atoms with Crippen molar-refractivity contribution in [2.75, 3.05) is 5.43 Å². The number of nitrogen functional groups attached to an aromatic ring is 1. The molecular weight excluding hydrogens is 270 g/mol. The Morgan fingerprint density at radius 1 is 1.38 bits per heavy atom. The van der Waals surface area contributed by atoms with Crippen molar-refractivity contribution >= 4 is 11.4 Å². The van der Waals surface area contributed by atoms with E-state index in [9.17, 15) is 10.1 Å². The molecule has 0 unspecified atom stereocenters. The molecule has 112 valence electrons. The van der Waals surface area contributed by atoms with Gasteiger partial charge in [-0.2, -0.15) is 5.10 Å². The fourth-order valence-electron chi connectivity index (χ4n) is 2.31. The second-order valence-corrected chi connectivity index (χ2v) is 4.70. The molecule has 0 spiro atoms. The van der Waals surface area contributed by atoms with Crippen molar-refractivity contribution in [3.8, 4) is 0 Å². The number of hydrogen-bond acceptors (Lipinski definition) is 5. The van der Waals surface area contributed by atoms with Gasteiger partial charge >= 0.3 is 0 Å². The topological polar surface area (TPSA) is 99.0 Å². The molecule has 0 aliphatic heterocycles. The van der Waals surface area contributed by atoms with Gasteiger partial charge in [0.05, 0.1) is 17.2 Å². The minimum absolute atomic E-state index is 0.0316. The highest BCUT2D eigenvalue weighted by molar-refractivity contribution is 5.65. The molecule has 0 radical (unpaired) electrons. The van der Waals surface area contributed by atoms with Crippen molar-refractivity contribution in [1.29, 1.82) is 0 Å². The van der Waals surface area contributed by atoms with Crippen molar-refractivity contribution in [3.05, 3.63) is 51.3 Å². The Morgan fingerprint density at radius 3 is 2.71 bits per heavy atom. The Kier molecular flexibility index (Phi) is 4.54. The molecule has 0 saturated heterocycles. The highest BCUT2D eigenvalue weighted by Gasteiger charge is 2.17. The summed E-state index contributed by atoms with van der Waals surface area (Å²) in [5.74, 6) is 5.46. The number of hydrazine groups is 1. The van der Waals surface area contributed by atoms with Gasteiger partial charge in [0, 0.05) is 17.3 Å². The maximum Gasteiger partial charge on any atom is 0.293 e. The molecule has 7 nitrogen and oxygen atoms in total. The number of para-hydroxylation sites is 1. The predicted octanol–water partition coefficient (Wildman–Crippen LogP) is 2.25. The fraction of sp³-hybridized carbons (Fsp3) is 0.357. The molecule has 0 saturated carbocycles. The Bertz CT molecular complexity index is 651. The average molecular weight is 289 g/mol. The molecule has 21 heavy (non-hydrogen) atoms. The summed E-state index contributed by atoms with van der Waals surface area (Å²) < 4.78 is 1.87. The third kappa shape index (κ3) is 3.03. The lowest BCUT2D eigenvalue weighted by Gasteiger charge is -2.11. The Labute approximate surface area is 122 Å². The molecule has 0 fully saturated rings. The van der Waals surface area contributed by atoms with E-state index in [-0.39, 0.29) is 5.69 Å². The summed E-state index contributed by atoms with van der Waals surface area (Å²) in [6, 6.07) is 6.96. The van der Waals surface area contributed by atoms with E-state index in [1.165, 1.54) is 6.07 Å². The van der Waals surface area contributed by atoms with Gasteiger partial charge in [-0.15, -0.1) is 0 Å². The zero-order chi connectivity index (χ0) is 15.4. The van der Waals surface area contributed by atoms with Crippen LogP contribution in [0.15, 0.2) is 24.3 Å². The van der Waals surface area contributed by atoms with E-state index in [1.54, 1.807) is 6.07 Å². The second-order valence-electron chi connectivity index (χ2n) is 4.70. The SMILES string of the molecule is CCc1cc(CC)n(Cc2cccc([N+](=O)[O-])c2NN)n1. The lowest BCUT2D eigenvalue weighted by molar-refractivity contribution is -0.384. The quantitative estimate of drug-likeness (QED) is 0.482. The number of nitrogens with zero attached hydrogens (tertiary/aromatic N) is 3. The summed E-state index contributed by atoms with van der Waals surface area (Å²) in [6.07, 6.45) is 1.71.